The molecule has 0 bridgehead atoms. The standard InChI is InChI=1S/C17H11F2N7O2S3/c18-12(19)15-23-24-16(30-15)26-10-5-8(31(27,28)25-17(6-20)3-4-17)1-2-9(10)11-13(26)21-7-22-14(11)29/h1-2,5,7,12,25H,3-4H2,(H,21,22,29). The first kappa shape index (κ1) is 20.2. The van der Waals surface area contributed by atoms with E-state index in [4.69, 9.17) is 0 Å². The zero-order chi connectivity index (χ0) is 22.0. The Balaban J connectivity index is 1.76. The second-order valence-corrected chi connectivity index (χ2v) is 10.0. The lowest BCUT2D eigenvalue weighted by atomic mass is 10.2. The van der Waals surface area contributed by atoms with Crippen LogP contribution in [0.4, 0.5) is 8.78 Å². The Kier molecular flexibility index (Phi) is 4.49. The second kappa shape index (κ2) is 6.89. The van der Waals surface area contributed by atoms with Crippen molar-refractivity contribution in [3.05, 3.63) is 29.5 Å². The number of aromatic nitrogens is 5. The molecule has 0 radical (unpaired) electrons. The van der Waals surface area contributed by atoms with Crippen molar-refractivity contribution >= 4 is 55.9 Å². The van der Waals surface area contributed by atoms with Crippen LogP contribution in [0.5, 0.6) is 0 Å². The van der Waals surface area contributed by atoms with Gasteiger partial charge in [-0.3, -0.25) is 4.57 Å². The van der Waals surface area contributed by atoms with Crippen molar-refractivity contribution in [2.75, 3.05) is 0 Å². The molecule has 1 aliphatic carbocycles. The summed E-state index contributed by atoms with van der Waals surface area (Å²) in [5.41, 5.74) is -0.409. The van der Waals surface area contributed by atoms with E-state index in [1.165, 1.54) is 23.0 Å². The van der Waals surface area contributed by atoms with Crippen molar-refractivity contribution < 1.29 is 17.2 Å². The Hall–Kier alpha value is -2.73. The van der Waals surface area contributed by atoms with Crippen LogP contribution in [0.15, 0.2) is 34.4 Å². The number of halogens is 2. The lowest BCUT2D eigenvalue weighted by molar-refractivity contribution is 0.150. The molecule has 31 heavy (non-hydrogen) atoms. The van der Waals surface area contributed by atoms with Crippen molar-refractivity contribution in [1.29, 1.82) is 5.26 Å². The van der Waals surface area contributed by atoms with Crippen LogP contribution in [-0.4, -0.2) is 38.7 Å². The lowest BCUT2D eigenvalue weighted by Gasteiger charge is -2.10. The molecule has 158 valence electrons. The highest BCUT2D eigenvalue weighted by Crippen LogP contribution is 2.38. The average Bonchev–Trinajstić information content (AvgIpc) is 3.18. The molecule has 0 unspecified atom stereocenters. The van der Waals surface area contributed by atoms with Crippen molar-refractivity contribution in [3.63, 3.8) is 0 Å². The SMILES string of the molecule is N#CC1(NS(=O)(=O)c2ccc3c4c(S)ncnc4n(-c4nnc(C(F)F)s4)c3c2)CC1. The smallest absolute Gasteiger partial charge is 0.268 e. The molecule has 14 heteroatoms. The number of thiol groups is 1. The molecule has 0 spiro atoms. The van der Waals surface area contributed by atoms with Gasteiger partial charge in [0.1, 0.15) is 16.9 Å². The van der Waals surface area contributed by atoms with Gasteiger partial charge in [-0.2, -0.15) is 9.98 Å². The highest BCUT2D eigenvalue weighted by molar-refractivity contribution is 7.89. The molecule has 1 aliphatic rings. The maximum absolute atomic E-state index is 13.1. The summed E-state index contributed by atoms with van der Waals surface area (Å²) >= 11 is 5.03. The summed E-state index contributed by atoms with van der Waals surface area (Å²) < 4.78 is 55.8. The number of alkyl halides is 2. The monoisotopic (exact) mass is 479 g/mol. The zero-order valence-electron chi connectivity index (χ0n) is 15.3. The van der Waals surface area contributed by atoms with E-state index >= 15 is 0 Å². The van der Waals surface area contributed by atoms with Crippen molar-refractivity contribution in [1.82, 2.24) is 29.5 Å². The first-order chi connectivity index (χ1) is 14.7. The molecular weight excluding hydrogens is 468 g/mol. The molecule has 0 amide bonds. The molecule has 0 atom stereocenters. The van der Waals surface area contributed by atoms with E-state index in [1.54, 1.807) is 6.07 Å². The minimum Gasteiger partial charge on any atom is -0.268 e. The zero-order valence-corrected chi connectivity index (χ0v) is 17.8. The highest BCUT2D eigenvalue weighted by Gasteiger charge is 2.46. The molecule has 3 heterocycles. The molecule has 1 fully saturated rings. The number of fused-ring (bicyclic) bond motifs is 3. The molecule has 1 saturated carbocycles. The molecule has 3 aromatic heterocycles. The van der Waals surface area contributed by atoms with Crippen LogP contribution in [0.1, 0.15) is 24.3 Å². The van der Waals surface area contributed by atoms with Gasteiger partial charge in [-0.25, -0.2) is 27.2 Å². The number of hydrogen-bond donors (Lipinski definition) is 2. The number of nitrogens with one attached hydrogen (secondary N) is 1. The maximum Gasteiger partial charge on any atom is 0.291 e. The molecule has 4 aromatic rings. The van der Waals surface area contributed by atoms with Crippen LogP contribution in [0.3, 0.4) is 0 Å². The van der Waals surface area contributed by atoms with Crippen molar-refractivity contribution in [2.24, 2.45) is 0 Å². The minimum absolute atomic E-state index is 0.0853. The highest BCUT2D eigenvalue weighted by atomic mass is 32.2. The maximum atomic E-state index is 13.1. The molecule has 5 rings (SSSR count). The topological polar surface area (TPSA) is 126 Å². The van der Waals surface area contributed by atoms with Crippen molar-refractivity contribution in [3.8, 4) is 11.2 Å². The normalized spacial score (nSPS) is 15.6. The van der Waals surface area contributed by atoms with Crippen LogP contribution in [-0.2, 0) is 10.0 Å². The van der Waals surface area contributed by atoms with E-state index in [9.17, 15) is 22.5 Å². The average molecular weight is 480 g/mol. The second-order valence-electron chi connectivity index (χ2n) is 6.93. The predicted octanol–water partition coefficient (Wildman–Crippen LogP) is 2.99. The van der Waals surface area contributed by atoms with Gasteiger partial charge in [0.25, 0.3) is 6.43 Å². The quantitative estimate of drug-likeness (QED) is 0.333. The van der Waals surface area contributed by atoms with Crippen LogP contribution in [0.2, 0.25) is 0 Å². The van der Waals surface area contributed by atoms with Gasteiger partial charge in [-0.15, -0.1) is 22.8 Å². The largest absolute Gasteiger partial charge is 0.291 e. The van der Waals surface area contributed by atoms with E-state index in [2.05, 4.69) is 37.5 Å². The summed E-state index contributed by atoms with van der Waals surface area (Å²) in [5, 5.41) is 17.6. The molecule has 9 nitrogen and oxygen atoms in total. The molecule has 1 N–H and O–H groups in total. The van der Waals surface area contributed by atoms with E-state index in [-0.39, 0.29) is 10.0 Å². The van der Waals surface area contributed by atoms with Gasteiger partial charge >= 0.3 is 0 Å². The first-order valence-corrected chi connectivity index (χ1v) is 11.5. The van der Waals surface area contributed by atoms with Crippen molar-refractivity contribution in [2.45, 2.75) is 34.7 Å². The van der Waals surface area contributed by atoms with Crippen LogP contribution in [0.25, 0.3) is 27.1 Å². The number of benzene rings is 1. The Bertz CT molecular complexity index is 1500. The third kappa shape index (κ3) is 3.24. The third-order valence-electron chi connectivity index (χ3n) is 4.91. The van der Waals surface area contributed by atoms with E-state index in [0.717, 1.165) is 0 Å². The van der Waals surface area contributed by atoms with Gasteiger partial charge in [0.15, 0.2) is 10.7 Å². The van der Waals surface area contributed by atoms with Gasteiger partial charge in [-0.1, -0.05) is 17.4 Å². The summed E-state index contributed by atoms with van der Waals surface area (Å²) in [6.45, 7) is 0. The van der Waals surface area contributed by atoms with Gasteiger partial charge in [0, 0.05) is 5.39 Å². The first-order valence-electron chi connectivity index (χ1n) is 8.80. The van der Waals surface area contributed by atoms with Crippen LogP contribution >= 0.6 is 24.0 Å². The van der Waals surface area contributed by atoms with Gasteiger partial charge < -0.3 is 0 Å². The van der Waals surface area contributed by atoms with Gasteiger partial charge in [0.05, 0.1) is 21.9 Å². The Morgan fingerprint density at radius 3 is 2.71 bits per heavy atom. The number of hydrogen-bond acceptors (Lipinski definition) is 9. The Morgan fingerprint density at radius 1 is 1.29 bits per heavy atom. The fourth-order valence-corrected chi connectivity index (χ4v) is 5.63. The summed E-state index contributed by atoms with van der Waals surface area (Å²) in [7, 11) is -4.01. The minimum atomic E-state index is -4.01. The van der Waals surface area contributed by atoms with E-state index < -0.39 is 27.0 Å². The molecule has 0 saturated heterocycles. The number of rotatable bonds is 5. The number of nitrogens with zero attached hydrogens (tertiary/aromatic N) is 6. The summed E-state index contributed by atoms with van der Waals surface area (Å²) in [6.07, 6.45) is -0.663. The Labute approximate surface area is 183 Å². The number of sulfonamides is 1. The molecule has 1 aromatic carbocycles. The predicted molar refractivity (Wildman–Crippen MR) is 110 cm³/mol. The fraction of sp³-hybridized carbons (Fsp3) is 0.235. The van der Waals surface area contributed by atoms with E-state index in [0.29, 0.717) is 51.1 Å². The van der Waals surface area contributed by atoms with Gasteiger partial charge in [0.2, 0.25) is 15.2 Å². The summed E-state index contributed by atoms with van der Waals surface area (Å²) in [4.78, 5) is 8.20. The Morgan fingerprint density at radius 2 is 2.06 bits per heavy atom. The van der Waals surface area contributed by atoms with E-state index in [1.807, 2.05) is 6.07 Å². The van der Waals surface area contributed by atoms with Gasteiger partial charge in [-0.05, 0) is 25.0 Å². The molecule has 0 aliphatic heterocycles. The summed E-state index contributed by atoms with van der Waals surface area (Å²) in [5.74, 6) is 0. The lowest BCUT2D eigenvalue weighted by Crippen LogP contribution is -2.35. The summed E-state index contributed by atoms with van der Waals surface area (Å²) in [6, 6.07) is 6.32. The van der Waals surface area contributed by atoms with Crippen LogP contribution in [0, 0.1) is 11.3 Å². The number of nitriles is 1. The third-order valence-corrected chi connectivity index (χ3v) is 7.70. The molecular formula is C17H11F2N7O2S3. The fourth-order valence-electron chi connectivity index (χ4n) is 3.24. The van der Waals surface area contributed by atoms with Crippen LogP contribution < -0.4 is 4.72 Å².